The molecule has 0 spiro atoms. The number of hydrogen-bond donors (Lipinski definition) is 1. The van der Waals surface area contributed by atoms with E-state index in [1.54, 1.807) is 12.1 Å². The Hall–Kier alpha value is -1.91. The third-order valence-electron chi connectivity index (χ3n) is 6.54. The number of nitrogens with one attached hydrogen (secondary N) is 1. The van der Waals surface area contributed by atoms with Crippen LogP contribution < -0.4 is 5.32 Å². The van der Waals surface area contributed by atoms with Gasteiger partial charge in [0.1, 0.15) is 0 Å². The standard InChI is InChI=1S/C20H26N2O3/c1-18-8-15-9-19(2,11-18)13-20(10-15,12-18)21-17(23)7-14-3-5-16(6-4-14)22(24)25/h3-6,15H,7-13H2,1-2H3,(H,21,23). The lowest BCUT2D eigenvalue weighted by Crippen LogP contribution is -2.65. The van der Waals surface area contributed by atoms with Crippen LogP contribution in [-0.2, 0) is 11.2 Å². The van der Waals surface area contributed by atoms with Crippen LogP contribution in [-0.4, -0.2) is 16.4 Å². The summed E-state index contributed by atoms with van der Waals surface area (Å²) >= 11 is 0. The molecule has 134 valence electrons. The van der Waals surface area contributed by atoms with Crippen molar-refractivity contribution in [2.75, 3.05) is 0 Å². The number of nitrogens with zero attached hydrogens (tertiary/aromatic N) is 1. The Kier molecular flexibility index (Phi) is 3.50. The van der Waals surface area contributed by atoms with Crippen molar-refractivity contribution in [3.63, 3.8) is 0 Å². The van der Waals surface area contributed by atoms with E-state index in [9.17, 15) is 14.9 Å². The molecule has 5 nitrogen and oxygen atoms in total. The molecule has 4 aliphatic carbocycles. The summed E-state index contributed by atoms with van der Waals surface area (Å²) in [6.07, 6.45) is 7.50. The van der Waals surface area contributed by atoms with Gasteiger partial charge in [0, 0.05) is 17.7 Å². The highest BCUT2D eigenvalue weighted by Crippen LogP contribution is 2.66. The molecule has 1 N–H and O–H groups in total. The highest BCUT2D eigenvalue weighted by molar-refractivity contribution is 5.79. The van der Waals surface area contributed by atoms with E-state index in [4.69, 9.17) is 0 Å². The lowest BCUT2D eigenvalue weighted by atomic mass is 9.43. The monoisotopic (exact) mass is 342 g/mol. The second-order valence-electron chi connectivity index (χ2n) is 9.56. The Bertz CT molecular complexity index is 709. The minimum Gasteiger partial charge on any atom is -0.350 e. The van der Waals surface area contributed by atoms with Gasteiger partial charge in [0.2, 0.25) is 5.91 Å². The van der Waals surface area contributed by atoms with Crippen molar-refractivity contribution >= 4 is 11.6 Å². The zero-order valence-electron chi connectivity index (χ0n) is 15.0. The van der Waals surface area contributed by atoms with Crippen molar-refractivity contribution in [2.24, 2.45) is 16.7 Å². The summed E-state index contributed by atoms with van der Waals surface area (Å²) in [6.45, 7) is 4.79. The summed E-state index contributed by atoms with van der Waals surface area (Å²) < 4.78 is 0. The van der Waals surface area contributed by atoms with E-state index in [1.165, 1.54) is 31.4 Å². The average Bonchev–Trinajstić information content (AvgIpc) is 2.42. The summed E-state index contributed by atoms with van der Waals surface area (Å²) in [5, 5.41) is 14.1. The molecule has 2 unspecified atom stereocenters. The number of rotatable bonds is 4. The predicted octanol–water partition coefficient (Wildman–Crippen LogP) is 4.00. The first-order chi connectivity index (χ1) is 11.7. The van der Waals surface area contributed by atoms with E-state index in [2.05, 4.69) is 19.2 Å². The van der Waals surface area contributed by atoms with Crippen LogP contribution in [0.25, 0.3) is 0 Å². The number of hydrogen-bond acceptors (Lipinski definition) is 3. The molecule has 4 aliphatic rings. The van der Waals surface area contributed by atoms with Crippen molar-refractivity contribution in [1.82, 2.24) is 5.32 Å². The normalized spacial score (nSPS) is 38.6. The number of non-ortho nitro benzene ring substituents is 1. The molecule has 4 fully saturated rings. The number of carbonyl (C=O) groups excluding carboxylic acids is 1. The molecule has 0 aliphatic heterocycles. The van der Waals surface area contributed by atoms with Gasteiger partial charge in [-0.25, -0.2) is 0 Å². The van der Waals surface area contributed by atoms with Crippen LogP contribution in [0.15, 0.2) is 24.3 Å². The molecule has 1 aromatic carbocycles. The minimum absolute atomic E-state index is 0.0409. The maximum Gasteiger partial charge on any atom is 0.269 e. The summed E-state index contributed by atoms with van der Waals surface area (Å²) in [5.41, 5.74) is 1.58. The Morgan fingerprint density at radius 3 is 2.24 bits per heavy atom. The molecule has 0 radical (unpaired) electrons. The zero-order valence-corrected chi connectivity index (χ0v) is 15.0. The van der Waals surface area contributed by atoms with Gasteiger partial charge in [0.15, 0.2) is 0 Å². The second-order valence-corrected chi connectivity index (χ2v) is 9.56. The van der Waals surface area contributed by atoms with Crippen LogP contribution in [0.4, 0.5) is 5.69 Å². The topological polar surface area (TPSA) is 72.2 Å². The molecule has 1 amide bonds. The summed E-state index contributed by atoms with van der Waals surface area (Å²) in [5.74, 6) is 0.786. The van der Waals surface area contributed by atoms with Crippen LogP contribution in [0.1, 0.15) is 57.9 Å². The van der Waals surface area contributed by atoms with E-state index in [1.807, 2.05) is 0 Å². The molecule has 0 saturated heterocycles. The van der Waals surface area contributed by atoms with E-state index in [0.717, 1.165) is 30.7 Å². The van der Waals surface area contributed by atoms with Gasteiger partial charge in [-0.3, -0.25) is 14.9 Å². The molecular formula is C20H26N2O3. The first kappa shape index (κ1) is 16.6. The van der Waals surface area contributed by atoms with Crippen LogP contribution in [0.2, 0.25) is 0 Å². The highest BCUT2D eigenvalue weighted by Gasteiger charge is 2.60. The van der Waals surface area contributed by atoms with Gasteiger partial charge >= 0.3 is 0 Å². The van der Waals surface area contributed by atoms with Crippen LogP contribution >= 0.6 is 0 Å². The van der Waals surface area contributed by atoms with Gasteiger partial charge in [0.05, 0.1) is 11.3 Å². The summed E-state index contributed by atoms with van der Waals surface area (Å²) in [7, 11) is 0. The maximum atomic E-state index is 12.7. The summed E-state index contributed by atoms with van der Waals surface area (Å²) in [4.78, 5) is 23.0. The number of amides is 1. The molecule has 2 atom stereocenters. The van der Waals surface area contributed by atoms with E-state index in [0.29, 0.717) is 10.8 Å². The fourth-order valence-electron chi connectivity index (χ4n) is 6.85. The molecule has 0 aromatic heterocycles. The van der Waals surface area contributed by atoms with Crippen molar-refractivity contribution in [2.45, 2.75) is 64.3 Å². The van der Waals surface area contributed by atoms with Crippen molar-refractivity contribution < 1.29 is 9.72 Å². The molecule has 5 heteroatoms. The fraction of sp³-hybridized carbons (Fsp3) is 0.650. The minimum atomic E-state index is -0.416. The quantitative estimate of drug-likeness (QED) is 0.664. The van der Waals surface area contributed by atoms with Gasteiger partial charge in [-0.15, -0.1) is 0 Å². The largest absolute Gasteiger partial charge is 0.350 e. The number of carbonyl (C=O) groups is 1. The average molecular weight is 342 g/mol. The van der Waals surface area contributed by atoms with Crippen LogP contribution in [0.5, 0.6) is 0 Å². The first-order valence-corrected chi connectivity index (χ1v) is 9.23. The van der Waals surface area contributed by atoms with Gasteiger partial charge in [-0.2, -0.15) is 0 Å². The Balaban J connectivity index is 1.46. The zero-order chi connectivity index (χ0) is 17.9. The van der Waals surface area contributed by atoms with Gasteiger partial charge < -0.3 is 5.32 Å². The SMILES string of the molecule is CC12CC3CC(C)(C1)CC(NC(=O)Cc1ccc([N+](=O)[O-])cc1)(C3)C2. The summed E-state index contributed by atoms with van der Waals surface area (Å²) in [6, 6.07) is 6.30. The molecule has 1 aromatic rings. The van der Waals surface area contributed by atoms with Crippen molar-refractivity contribution in [3.05, 3.63) is 39.9 Å². The Morgan fingerprint density at radius 2 is 1.72 bits per heavy atom. The number of nitro groups is 1. The first-order valence-electron chi connectivity index (χ1n) is 9.23. The van der Waals surface area contributed by atoms with E-state index in [-0.39, 0.29) is 23.6 Å². The Morgan fingerprint density at radius 1 is 1.12 bits per heavy atom. The Labute approximate surface area is 148 Å². The predicted molar refractivity (Wildman–Crippen MR) is 95.1 cm³/mol. The second kappa shape index (κ2) is 5.29. The van der Waals surface area contributed by atoms with E-state index < -0.39 is 4.92 Å². The lowest BCUT2D eigenvalue weighted by Gasteiger charge is -2.65. The van der Waals surface area contributed by atoms with Crippen molar-refractivity contribution in [3.8, 4) is 0 Å². The molecule has 5 rings (SSSR count). The number of nitro benzene ring substituents is 1. The van der Waals surface area contributed by atoms with E-state index >= 15 is 0 Å². The number of benzene rings is 1. The van der Waals surface area contributed by atoms with Gasteiger partial charge in [-0.05, 0) is 60.8 Å². The third kappa shape index (κ3) is 3.05. The molecule has 0 heterocycles. The molecular weight excluding hydrogens is 316 g/mol. The maximum absolute atomic E-state index is 12.7. The van der Waals surface area contributed by atoms with Crippen LogP contribution in [0, 0.1) is 26.9 Å². The third-order valence-corrected chi connectivity index (χ3v) is 6.54. The fourth-order valence-corrected chi connectivity index (χ4v) is 6.85. The van der Waals surface area contributed by atoms with Crippen molar-refractivity contribution in [1.29, 1.82) is 0 Å². The highest BCUT2D eigenvalue weighted by atomic mass is 16.6. The van der Waals surface area contributed by atoms with Crippen LogP contribution in [0.3, 0.4) is 0 Å². The lowest BCUT2D eigenvalue weighted by molar-refractivity contribution is -0.384. The molecule has 4 bridgehead atoms. The van der Waals surface area contributed by atoms with Gasteiger partial charge in [-0.1, -0.05) is 26.0 Å². The molecule has 25 heavy (non-hydrogen) atoms. The smallest absolute Gasteiger partial charge is 0.269 e. The van der Waals surface area contributed by atoms with Gasteiger partial charge in [0.25, 0.3) is 5.69 Å². The molecule has 4 saturated carbocycles.